The van der Waals surface area contributed by atoms with Gasteiger partial charge in [-0.05, 0) is 35.7 Å². The molecule has 1 amide bonds. The molecule has 9 heteroatoms. The zero-order valence-corrected chi connectivity index (χ0v) is 18.6. The average Bonchev–Trinajstić information content (AvgIpc) is 3.57. The van der Waals surface area contributed by atoms with Crippen molar-refractivity contribution in [3.8, 4) is 17.3 Å². The Morgan fingerprint density at radius 1 is 1.16 bits per heavy atom. The molecule has 0 aliphatic rings. The molecule has 4 aromatic rings. The van der Waals surface area contributed by atoms with E-state index in [1.807, 2.05) is 69.4 Å². The summed E-state index contributed by atoms with van der Waals surface area (Å²) in [5, 5.41) is 11.3. The standard InChI is InChI=1S/C22H22N4O3S2/c1-28-13-11-25(15-18-9-6-14-30-18)20(27)16-31-22-24-23-21(19-10-5-12-29-19)26(22)17-7-3-2-4-8-17/h2-10,12,14H,11,13,15-16H2,1H3. The Hall–Kier alpha value is -2.88. The van der Waals surface area contributed by atoms with Crippen LogP contribution in [0.25, 0.3) is 17.3 Å². The highest BCUT2D eigenvalue weighted by Gasteiger charge is 2.21. The SMILES string of the molecule is COCCN(Cc1cccs1)C(=O)CSc1nnc(-c2ccco2)n1-c1ccccc1. The van der Waals surface area contributed by atoms with Gasteiger partial charge in [-0.1, -0.05) is 36.0 Å². The molecule has 0 N–H and O–H groups in total. The van der Waals surface area contributed by atoms with Gasteiger partial charge >= 0.3 is 0 Å². The number of aromatic nitrogens is 3. The number of ether oxygens (including phenoxy) is 1. The van der Waals surface area contributed by atoms with Crippen molar-refractivity contribution in [3.63, 3.8) is 0 Å². The van der Waals surface area contributed by atoms with Gasteiger partial charge in [-0.15, -0.1) is 21.5 Å². The van der Waals surface area contributed by atoms with Crippen LogP contribution in [0.4, 0.5) is 0 Å². The third kappa shape index (κ3) is 5.25. The average molecular weight is 455 g/mol. The Morgan fingerprint density at radius 2 is 2.03 bits per heavy atom. The molecule has 160 valence electrons. The van der Waals surface area contributed by atoms with Gasteiger partial charge in [-0.3, -0.25) is 9.36 Å². The summed E-state index contributed by atoms with van der Waals surface area (Å²) in [4.78, 5) is 16.0. The van der Waals surface area contributed by atoms with Gasteiger partial charge in [-0.25, -0.2) is 0 Å². The zero-order chi connectivity index (χ0) is 21.5. The highest BCUT2D eigenvalue weighted by atomic mass is 32.2. The van der Waals surface area contributed by atoms with E-state index < -0.39 is 0 Å². The Kier molecular flexibility index (Phi) is 7.18. The number of hydrogen-bond donors (Lipinski definition) is 0. The summed E-state index contributed by atoms with van der Waals surface area (Å²) >= 11 is 3.00. The maximum absolute atomic E-state index is 13.0. The fourth-order valence-corrected chi connectivity index (χ4v) is 4.61. The van der Waals surface area contributed by atoms with Gasteiger partial charge in [0, 0.05) is 24.2 Å². The lowest BCUT2D eigenvalue weighted by Gasteiger charge is -2.21. The first kappa shape index (κ1) is 21.4. The van der Waals surface area contributed by atoms with Gasteiger partial charge in [0.1, 0.15) is 0 Å². The van der Waals surface area contributed by atoms with E-state index in [2.05, 4.69) is 10.2 Å². The first-order valence-electron chi connectivity index (χ1n) is 9.73. The molecule has 0 aliphatic heterocycles. The summed E-state index contributed by atoms with van der Waals surface area (Å²) in [7, 11) is 1.64. The smallest absolute Gasteiger partial charge is 0.233 e. The molecular weight excluding hydrogens is 432 g/mol. The lowest BCUT2D eigenvalue weighted by Crippen LogP contribution is -2.34. The first-order valence-corrected chi connectivity index (χ1v) is 11.6. The molecule has 0 atom stereocenters. The van der Waals surface area contributed by atoms with Gasteiger partial charge in [0.05, 0.1) is 25.2 Å². The lowest BCUT2D eigenvalue weighted by atomic mass is 10.3. The Balaban J connectivity index is 1.54. The Labute approximate surface area is 188 Å². The highest BCUT2D eigenvalue weighted by Crippen LogP contribution is 2.28. The van der Waals surface area contributed by atoms with E-state index in [-0.39, 0.29) is 11.7 Å². The van der Waals surface area contributed by atoms with Crippen molar-refractivity contribution in [3.05, 3.63) is 71.1 Å². The summed E-state index contributed by atoms with van der Waals surface area (Å²) in [6.07, 6.45) is 1.61. The lowest BCUT2D eigenvalue weighted by molar-refractivity contribution is -0.129. The summed E-state index contributed by atoms with van der Waals surface area (Å²) in [6.45, 7) is 1.60. The van der Waals surface area contributed by atoms with Crippen LogP contribution in [-0.2, 0) is 16.1 Å². The fourth-order valence-electron chi connectivity index (χ4n) is 3.04. The number of hydrogen-bond acceptors (Lipinski definition) is 7. The molecule has 7 nitrogen and oxygen atoms in total. The second-order valence-electron chi connectivity index (χ2n) is 6.63. The van der Waals surface area contributed by atoms with Crippen LogP contribution in [0, 0.1) is 0 Å². The third-order valence-electron chi connectivity index (χ3n) is 4.56. The van der Waals surface area contributed by atoms with Crippen LogP contribution < -0.4 is 0 Å². The largest absolute Gasteiger partial charge is 0.461 e. The fraction of sp³-hybridized carbons (Fsp3) is 0.227. The predicted octanol–water partition coefficient (Wildman–Crippen LogP) is 4.36. The van der Waals surface area contributed by atoms with Crippen molar-refractivity contribution in [1.82, 2.24) is 19.7 Å². The molecule has 0 aliphatic carbocycles. The van der Waals surface area contributed by atoms with E-state index in [1.54, 1.807) is 24.7 Å². The van der Waals surface area contributed by atoms with Crippen molar-refractivity contribution in [1.29, 1.82) is 0 Å². The quantitative estimate of drug-likeness (QED) is 0.332. The van der Waals surface area contributed by atoms with Crippen molar-refractivity contribution < 1.29 is 13.9 Å². The summed E-state index contributed by atoms with van der Waals surface area (Å²) in [5.41, 5.74) is 0.906. The number of benzene rings is 1. The minimum atomic E-state index is 0.0256. The zero-order valence-electron chi connectivity index (χ0n) is 17.0. The molecule has 0 spiro atoms. The number of para-hydroxylation sites is 1. The van der Waals surface area contributed by atoms with Crippen LogP contribution in [0.15, 0.2) is 75.8 Å². The number of nitrogens with zero attached hydrogens (tertiary/aromatic N) is 4. The summed E-state index contributed by atoms with van der Waals surface area (Å²) in [6, 6.07) is 17.5. The number of carbonyl (C=O) groups excluding carboxylic acids is 1. The highest BCUT2D eigenvalue weighted by molar-refractivity contribution is 7.99. The molecule has 0 radical (unpaired) electrons. The van der Waals surface area contributed by atoms with Crippen LogP contribution >= 0.6 is 23.1 Å². The Bertz CT molecular complexity index is 1080. The molecule has 0 fully saturated rings. The molecule has 3 aromatic heterocycles. The van der Waals surface area contributed by atoms with Gasteiger partial charge in [-0.2, -0.15) is 0 Å². The number of furan rings is 1. The van der Waals surface area contributed by atoms with Gasteiger partial charge < -0.3 is 14.1 Å². The number of carbonyl (C=O) groups is 1. The minimum absolute atomic E-state index is 0.0256. The van der Waals surface area contributed by atoms with E-state index in [4.69, 9.17) is 9.15 Å². The number of amides is 1. The van der Waals surface area contributed by atoms with E-state index in [0.717, 1.165) is 10.6 Å². The number of thiophene rings is 1. The number of thioether (sulfide) groups is 1. The van der Waals surface area contributed by atoms with Crippen LogP contribution in [-0.4, -0.2) is 51.6 Å². The third-order valence-corrected chi connectivity index (χ3v) is 6.33. The van der Waals surface area contributed by atoms with Crippen molar-refractivity contribution in [2.24, 2.45) is 0 Å². The van der Waals surface area contributed by atoms with Crippen LogP contribution in [0.3, 0.4) is 0 Å². The second-order valence-corrected chi connectivity index (χ2v) is 8.61. The summed E-state index contributed by atoms with van der Waals surface area (Å²) < 4.78 is 12.6. The molecular formula is C22H22N4O3S2. The normalized spacial score (nSPS) is 11.0. The first-order chi connectivity index (χ1) is 15.3. The molecule has 0 saturated heterocycles. The monoisotopic (exact) mass is 454 g/mol. The molecule has 1 aromatic carbocycles. The van der Waals surface area contributed by atoms with Crippen LogP contribution in [0.2, 0.25) is 0 Å². The molecule has 0 saturated carbocycles. The van der Waals surface area contributed by atoms with E-state index >= 15 is 0 Å². The van der Waals surface area contributed by atoms with Gasteiger partial charge in [0.2, 0.25) is 11.7 Å². The number of rotatable bonds is 10. The molecule has 31 heavy (non-hydrogen) atoms. The van der Waals surface area contributed by atoms with E-state index in [0.29, 0.717) is 36.4 Å². The van der Waals surface area contributed by atoms with E-state index in [9.17, 15) is 4.79 Å². The van der Waals surface area contributed by atoms with Crippen LogP contribution in [0.1, 0.15) is 4.88 Å². The Morgan fingerprint density at radius 3 is 2.74 bits per heavy atom. The molecule has 3 heterocycles. The minimum Gasteiger partial charge on any atom is -0.461 e. The van der Waals surface area contributed by atoms with Gasteiger partial charge in [0.25, 0.3) is 0 Å². The second kappa shape index (κ2) is 10.4. The topological polar surface area (TPSA) is 73.4 Å². The summed E-state index contributed by atoms with van der Waals surface area (Å²) in [5.74, 6) is 1.49. The maximum atomic E-state index is 13.0. The van der Waals surface area contributed by atoms with Crippen molar-refractivity contribution in [2.75, 3.05) is 26.0 Å². The predicted molar refractivity (Wildman–Crippen MR) is 121 cm³/mol. The van der Waals surface area contributed by atoms with Gasteiger partial charge in [0.15, 0.2) is 10.9 Å². The molecule has 0 bridgehead atoms. The van der Waals surface area contributed by atoms with E-state index in [1.165, 1.54) is 11.8 Å². The molecule has 0 unspecified atom stereocenters. The number of methoxy groups -OCH3 is 1. The molecule has 4 rings (SSSR count). The van der Waals surface area contributed by atoms with Crippen LogP contribution in [0.5, 0.6) is 0 Å². The van der Waals surface area contributed by atoms with Crippen molar-refractivity contribution in [2.45, 2.75) is 11.7 Å². The maximum Gasteiger partial charge on any atom is 0.233 e. The van der Waals surface area contributed by atoms with Crippen molar-refractivity contribution >= 4 is 29.0 Å².